The summed E-state index contributed by atoms with van der Waals surface area (Å²) in [4.78, 5) is 0. The van der Waals surface area contributed by atoms with Crippen LogP contribution >= 0.6 is 15.9 Å². The smallest absolute Gasteiger partial charge is 0.134 e. The number of aryl methyl sites for hydroxylation is 1. The summed E-state index contributed by atoms with van der Waals surface area (Å²) in [7, 11) is 0. The van der Waals surface area contributed by atoms with Crippen LogP contribution in [-0.2, 0) is 6.61 Å². The van der Waals surface area contributed by atoms with Gasteiger partial charge in [0.25, 0.3) is 0 Å². The van der Waals surface area contributed by atoms with Crippen molar-refractivity contribution in [3.63, 3.8) is 0 Å². The maximum Gasteiger partial charge on any atom is 0.134 e. The van der Waals surface area contributed by atoms with Gasteiger partial charge in [0.2, 0.25) is 0 Å². The fourth-order valence-corrected chi connectivity index (χ4v) is 2.38. The molecule has 3 N–H and O–H groups in total. The molecule has 2 aromatic carbocycles. The minimum absolute atomic E-state index is 0.165. The van der Waals surface area contributed by atoms with E-state index < -0.39 is 5.82 Å². The van der Waals surface area contributed by atoms with Crippen molar-refractivity contribution in [3.05, 3.63) is 63.4 Å². The average Bonchev–Trinajstić information content (AvgIpc) is 2.37. The Morgan fingerprint density at radius 2 is 2.05 bits per heavy atom. The van der Waals surface area contributed by atoms with E-state index >= 15 is 0 Å². The summed E-state index contributed by atoms with van der Waals surface area (Å²) in [6, 6.07) is 9.98. The van der Waals surface area contributed by atoms with Crippen molar-refractivity contribution >= 4 is 21.8 Å². The Bertz CT molecular complexity index is 658. The van der Waals surface area contributed by atoms with Crippen molar-refractivity contribution in [3.8, 4) is 5.75 Å². The summed E-state index contributed by atoms with van der Waals surface area (Å²) in [5.41, 5.74) is 7.47. The number of nitrogens with one attached hydrogen (secondary N) is 1. The highest BCUT2D eigenvalue weighted by molar-refractivity contribution is 9.10. The quantitative estimate of drug-likeness (QED) is 0.659. The molecule has 0 radical (unpaired) electrons. The molecule has 0 aliphatic rings. The molecule has 0 aromatic heterocycles. The molecule has 2 aromatic rings. The van der Waals surface area contributed by atoms with Gasteiger partial charge in [-0.2, -0.15) is 0 Å². The van der Waals surface area contributed by atoms with Crippen molar-refractivity contribution in [2.45, 2.75) is 13.5 Å². The molecule has 0 fully saturated rings. The molecule has 0 heterocycles. The molecule has 0 aliphatic heterocycles. The Morgan fingerprint density at radius 3 is 2.70 bits per heavy atom. The first-order valence-electron chi connectivity index (χ1n) is 5.98. The highest BCUT2D eigenvalue weighted by atomic mass is 79.9. The molecule has 3 nitrogen and oxygen atoms in total. The standard InChI is InChI=1S/C15H14BrFN2O/c1-9-2-3-14(13(16)4-9)20-8-10-5-11(15(18)19)7-12(17)6-10/h2-7H,8H2,1H3,(H3,18,19). The van der Waals surface area contributed by atoms with Crippen LogP contribution in [0.15, 0.2) is 40.9 Å². The SMILES string of the molecule is Cc1ccc(OCc2cc(F)cc(C(=N)N)c2)c(Br)c1. The number of hydrogen-bond donors (Lipinski definition) is 2. The van der Waals surface area contributed by atoms with Crippen molar-refractivity contribution in [1.82, 2.24) is 0 Å². The second-order valence-electron chi connectivity index (χ2n) is 4.48. The molecule has 20 heavy (non-hydrogen) atoms. The predicted molar refractivity (Wildman–Crippen MR) is 80.6 cm³/mol. The first kappa shape index (κ1) is 14.5. The number of halogens is 2. The van der Waals surface area contributed by atoms with Gasteiger partial charge in [-0.3, -0.25) is 5.41 Å². The van der Waals surface area contributed by atoms with E-state index in [1.165, 1.54) is 12.1 Å². The molecule has 0 aliphatic carbocycles. The number of nitrogens with two attached hydrogens (primary N) is 1. The number of hydrogen-bond acceptors (Lipinski definition) is 2. The number of ether oxygens (including phenoxy) is 1. The summed E-state index contributed by atoms with van der Waals surface area (Å²) in [5.74, 6) is 0.0887. The lowest BCUT2D eigenvalue weighted by atomic mass is 10.1. The van der Waals surface area contributed by atoms with Gasteiger partial charge in [-0.1, -0.05) is 6.07 Å². The van der Waals surface area contributed by atoms with Crippen LogP contribution in [0.2, 0.25) is 0 Å². The van der Waals surface area contributed by atoms with Crippen LogP contribution in [0.3, 0.4) is 0 Å². The average molecular weight is 337 g/mol. The van der Waals surface area contributed by atoms with Gasteiger partial charge in [-0.25, -0.2) is 4.39 Å². The van der Waals surface area contributed by atoms with Crippen LogP contribution in [0.1, 0.15) is 16.7 Å². The third-order valence-corrected chi connectivity index (χ3v) is 3.37. The van der Waals surface area contributed by atoms with Crippen LogP contribution in [0, 0.1) is 18.2 Å². The normalized spacial score (nSPS) is 10.3. The maximum absolute atomic E-state index is 13.4. The second kappa shape index (κ2) is 6.05. The summed E-state index contributed by atoms with van der Waals surface area (Å²) in [6.45, 7) is 2.19. The molecule has 2 rings (SSSR count). The third-order valence-electron chi connectivity index (χ3n) is 2.75. The van der Waals surface area contributed by atoms with Gasteiger partial charge in [0.1, 0.15) is 24.0 Å². The third kappa shape index (κ3) is 3.57. The lowest BCUT2D eigenvalue weighted by Gasteiger charge is -2.10. The van der Waals surface area contributed by atoms with Gasteiger partial charge in [0.15, 0.2) is 0 Å². The Kier molecular flexibility index (Phi) is 4.39. The van der Waals surface area contributed by atoms with Crippen LogP contribution in [-0.4, -0.2) is 5.84 Å². The first-order valence-corrected chi connectivity index (χ1v) is 6.78. The zero-order chi connectivity index (χ0) is 14.7. The van der Waals surface area contributed by atoms with Gasteiger partial charge in [0.05, 0.1) is 4.47 Å². The molecular formula is C15H14BrFN2O. The summed E-state index contributed by atoms with van der Waals surface area (Å²) in [6.07, 6.45) is 0. The van der Waals surface area contributed by atoms with Crippen LogP contribution in [0.25, 0.3) is 0 Å². The number of benzene rings is 2. The highest BCUT2D eigenvalue weighted by Crippen LogP contribution is 2.26. The fourth-order valence-electron chi connectivity index (χ4n) is 1.77. The number of amidine groups is 1. The number of nitrogen functional groups attached to an aromatic ring is 1. The minimum Gasteiger partial charge on any atom is -0.488 e. The topological polar surface area (TPSA) is 59.1 Å². The summed E-state index contributed by atoms with van der Waals surface area (Å²) < 4.78 is 19.9. The van der Waals surface area contributed by atoms with Crippen molar-refractivity contribution in [2.24, 2.45) is 5.73 Å². The van der Waals surface area contributed by atoms with Gasteiger partial charge >= 0.3 is 0 Å². The van der Waals surface area contributed by atoms with Crippen molar-refractivity contribution in [1.29, 1.82) is 5.41 Å². The lowest BCUT2D eigenvalue weighted by molar-refractivity contribution is 0.303. The molecule has 104 valence electrons. The van der Waals surface area contributed by atoms with Gasteiger partial charge in [0, 0.05) is 5.56 Å². The zero-order valence-corrected chi connectivity index (χ0v) is 12.5. The lowest BCUT2D eigenvalue weighted by Crippen LogP contribution is -2.12. The largest absolute Gasteiger partial charge is 0.488 e. The van der Waals surface area contributed by atoms with E-state index in [1.54, 1.807) is 6.07 Å². The fraction of sp³-hybridized carbons (Fsp3) is 0.133. The molecular weight excluding hydrogens is 323 g/mol. The van der Waals surface area contributed by atoms with Crippen molar-refractivity contribution in [2.75, 3.05) is 0 Å². The van der Waals surface area contributed by atoms with E-state index in [0.29, 0.717) is 16.9 Å². The Morgan fingerprint density at radius 1 is 1.30 bits per heavy atom. The van der Waals surface area contributed by atoms with E-state index in [0.717, 1.165) is 10.0 Å². The van der Waals surface area contributed by atoms with Crippen molar-refractivity contribution < 1.29 is 9.13 Å². The monoisotopic (exact) mass is 336 g/mol. The molecule has 0 saturated carbocycles. The van der Waals surface area contributed by atoms with E-state index in [9.17, 15) is 4.39 Å². The van der Waals surface area contributed by atoms with E-state index in [-0.39, 0.29) is 12.4 Å². The molecule has 0 saturated heterocycles. The maximum atomic E-state index is 13.4. The summed E-state index contributed by atoms with van der Waals surface area (Å²) in [5, 5.41) is 7.35. The Balaban J connectivity index is 2.16. The Labute approximate surface area is 125 Å². The summed E-state index contributed by atoms with van der Waals surface area (Å²) >= 11 is 3.42. The number of rotatable bonds is 4. The predicted octanol–water partition coefficient (Wildman–Crippen LogP) is 3.76. The van der Waals surface area contributed by atoms with E-state index in [1.807, 2.05) is 25.1 Å². The zero-order valence-electron chi connectivity index (χ0n) is 10.9. The molecule has 0 atom stereocenters. The van der Waals surface area contributed by atoms with E-state index in [4.69, 9.17) is 15.9 Å². The minimum atomic E-state index is -0.431. The molecule has 0 bridgehead atoms. The van der Waals surface area contributed by atoms with Crippen LogP contribution in [0.4, 0.5) is 4.39 Å². The Hall–Kier alpha value is -1.88. The first-order chi connectivity index (χ1) is 9.45. The molecule has 0 amide bonds. The van der Waals surface area contributed by atoms with E-state index in [2.05, 4.69) is 15.9 Å². The van der Waals surface area contributed by atoms with Gasteiger partial charge in [-0.05, 0) is 64.3 Å². The van der Waals surface area contributed by atoms with Crippen LogP contribution < -0.4 is 10.5 Å². The second-order valence-corrected chi connectivity index (χ2v) is 5.34. The highest BCUT2D eigenvalue weighted by Gasteiger charge is 2.06. The van der Waals surface area contributed by atoms with Gasteiger partial charge in [-0.15, -0.1) is 0 Å². The van der Waals surface area contributed by atoms with Crippen LogP contribution in [0.5, 0.6) is 5.75 Å². The molecule has 5 heteroatoms. The van der Waals surface area contributed by atoms with Gasteiger partial charge < -0.3 is 10.5 Å². The molecule has 0 unspecified atom stereocenters. The molecule has 0 spiro atoms.